The predicted molar refractivity (Wildman–Crippen MR) is 68.0 cm³/mol. The van der Waals surface area contributed by atoms with Crippen LogP contribution in [0.25, 0.3) is 0 Å². The van der Waals surface area contributed by atoms with E-state index in [9.17, 15) is 0 Å². The smallest absolute Gasteiger partial charge is 0.0991 e. The number of dihydropyridines is 1. The second kappa shape index (κ2) is 4.88. The zero-order valence-corrected chi connectivity index (χ0v) is 9.83. The molecule has 1 aliphatic rings. The summed E-state index contributed by atoms with van der Waals surface area (Å²) in [5, 5.41) is 6.61. The van der Waals surface area contributed by atoms with E-state index < -0.39 is 0 Å². The SMILES string of the molecule is CNC1=CC(C)=CC(Cc2ccccc2)N1. The van der Waals surface area contributed by atoms with Crippen LogP contribution in [0.1, 0.15) is 12.5 Å². The monoisotopic (exact) mass is 214 g/mol. The van der Waals surface area contributed by atoms with Gasteiger partial charge in [-0.15, -0.1) is 0 Å². The first-order chi connectivity index (χ1) is 7.78. The van der Waals surface area contributed by atoms with Crippen molar-refractivity contribution in [2.24, 2.45) is 0 Å². The summed E-state index contributed by atoms with van der Waals surface area (Å²) in [7, 11) is 1.94. The highest BCUT2D eigenvalue weighted by atomic mass is 15.1. The van der Waals surface area contributed by atoms with Crippen molar-refractivity contribution in [1.29, 1.82) is 0 Å². The third kappa shape index (κ3) is 2.66. The van der Waals surface area contributed by atoms with E-state index in [-0.39, 0.29) is 0 Å². The Kier molecular flexibility index (Phi) is 3.30. The van der Waals surface area contributed by atoms with E-state index in [0.29, 0.717) is 6.04 Å². The molecule has 2 nitrogen and oxygen atoms in total. The lowest BCUT2D eigenvalue weighted by Crippen LogP contribution is -2.36. The van der Waals surface area contributed by atoms with Gasteiger partial charge in [0, 0.05) is 7.05 Å². The molecule has 1 atom stereocenters. The molecule has 0 saturated carbocycles. The van der Waals surface area contributed by atoms with Crippen molar-refractivity contribution in [2.45, 2.75) is 19.4 Å². The van der Waals surface area contributed by atoms with Gasteiger partial charge in [-0.25, -0.2) is 0 Å². The Morgan fingerprint density at radius 2 is 2.00 bits per heavy atom. The zero-order valence-electron chi connectivity index (χ0n) is 9.83. The molecule has 0 radical (unpaired) electrons. The Bertz CT molecular complexity index is 404. The van der Waals surface area contributed by atoms with Crippen LogP contribution in [0.15, 0.2) is 53.9 Å². The molecule has 1 unspecified atom stereocenters. The normalized spacial score (nSPS) is 19.5. The molecule has 0 aliphatic carbocycles. The van der Waals surface area contributed by atoms with Crippen LogP contribution in [0, 0.1) is 0 Å². The molecule has 2 heteroatoms. The van der Waals surface area contributed by atoms with Crippen LogP contribution in [0.3, 0.4) is 0 Å². The molecule has 0 bridgehead atoms. The minimum absolute atomic E-state index is 0.384. The average Bonchev–Trinajstić information content (AvgIpc) is 2.29. The van der Waals surface area contributed by atoms with Gasteiger partial charge >= 0.3 is 0 Å². The zero-order chi connectivity index (χ0) is 11.4. The largest absolute Gasteiger partial charge is 0.375 e. The first-order valence-corrected chi connectivity index (χ1v) is 5.66. The maximum Gasteiger partial charge on any atom is 0.0991 e. The lowest BCUT2D eigenvalue weighted by atomic mass is 10.0. The summed E-state index contributed by atoms with van der Waals surface area (Å²) < 4.78 is 0. The van der Waals surface area contributed by atoms with Gasteiger partial charge in [0.05, 0.1) is 11.9 Å². The molecule has 2 rings (SSSR count). The molecule has 0 fully saturated rings. The van der Waals surface area contributed by atoms with Crippen LogP contribution in [-0.4, -0.2) is 13.1 Å². The van der Waals surface area contributed by atoms with Crippen LogP contribution >= 0.6 is 0 Å². The number of hydrogen-bond donors (Lipinski definition) is 2. The maximum absolute atomic E-state index is 3.46. The Balaban J connectivity index is 2.05. The highest BCUT2D eigenvalue weighted by Gasteiger charge is 2.11. The fourth-order valence-corrected chi connectivity index (χ4v) is 2.00. The first kappa shape index (κ1) is 10.8. The van der Waals surface area contributed by atoms with Gasteiger partial charge < -0.3 is 10.6 Å². The third-order valence-electron chi connectivity index (χ3n) is 2.74. The van der Waals surface area contributed by atoms with Gasteiger partial charge in [0.1, 0.15) is 0 Å². The summed E-state index contributed by atoms with van der Waals surface area (Å²) in [4.78, 5) is 0. The van der Waals surface area contributed by atoms with Crippen molar-refractivity contribution in [3.05, 3.63) is 59.4 Å². The van der Waals surface area contributed by atoms with Crippen LogP contribution < -0.4 is 10.6 Å². The standard InChI is InChI=1S/C14H18N2/c1-11-8-13(16-14(9-11)15-2)10-12-6-4-3-5-7-12/h3-9,13,15-16H,10H2,1-2H3. The number of allylic oxidation sites excluding steroid dienone is 2. The van der Waals surface area contributed by atoms with Crippen molar-refractivity contribution in [2.75, 3.05) is 7.05 Å². The van der Waals surface area contributed by atoms with E-state index in [4.69, 9.17) is 0 Å². The summed E-state index contributed by atoms with van der Waals surface area (Å²) in [6.07, 6.45) is 5.42. The van der Waals surface area contributed by atoms with Crippen molar-refractivity contribution in [1.82, 2.24) is 10.6 Å². The summed E-state index contributed by atoms with van der Waals surface area (Å²) in [5.74, 6) is 1.10. The van der Waals surface area contributed by atoms with Gasteiger partial charge in [0.2, 0.25) is 0 Å². The Morgan fingerprint density at radius 3 is 2.69 bits per heavy atom. The molecule has 16 heavy (non-hydrogen) atoms. The molecule has 0 aromatic heterocycles. The lowest BCUT2D eigenvalue weighted by molar-refractivity contribution is 0.618. The van der Waals surface area contributed by atoms with E-state index in [0.717, 1.165) is 12.2 Å². The van der Waals surface area contributed by atoms with E-state index in [2.05, 4.69) is 60.0 Å². The molecule has 0 amide bonds. The number of rotatable bonds is 3. The summed E-state index contributed by atoms with van der Waals surface area (Å²) in [5.41, 5.74) is 2.67. The van der Waals surface area contributed by atoms with Gasteiger partial charge in [-0.05, 0) is 30.6 Å². The highest BCUT2D eigenvalue weighted by molar-refractivity contribution is 5.29. The van der Waals surface area contributed by atoms with E-state index in [1.807, 2.05) is 7.05 Å². The number of nitrogens with one attached hydrogen (secondary N) is 2. The molecule has 0 saturated heterocycles. The molecule has 2 N–H and O–H groups in total. The molecular weight excluding hydrogens is 196 g/mol. The number of benzene rings is 1. The second-order valence-corrected chi connectivity index (χ2v) is 4.16. The summed E-state index contributed by atoms with van der Waals surface area (Å²) >= 11 is 0. The highest BCUT2D eigenvalue weighted by Crippen LogP contribution is 2.12. The molecule has 1 aliphatic heterocycles. The molecule has 1 aromatic carbocycles. The predicted octanol–water partition coefficient (Wildman–Crippen LogP) is 2.21. The van der Waals surface area contributed by atoms with Crippen molar-refractivity contribution in [3.63, 3.8) is 0 Å². The van der Waals surface area contributed by atoms with E-state index in [1.165, 1.54) is 11.1 Å². The fourth-order valence-electron chi connectivity index (χ4n) is 2.00. The molecule has 0 spiro atoms. The summed E-state index contributed by atoms with van der Waals surface area (Å²) in [6, 6.07) is 10.9. The first-order valence-electron chi connectivity index (χ1n) is 5.66. The van der Waals surface area contributed by atoms with Crippen molar-refractivity contribution >= 4 is 0 Å². The van der Waals surface area contributed by atoms with Gasteiger partial charge in [-0.2, -0.15) is 0 Å². The molecule has 1 aromatic rings. The molecular formula is C14H18N2. The third-order valence-corrected chi connectivity index (χ3v) is 2.74. The topological polar surface area (TPSA) is 24.1 Å². The molecule has 84 valence electrons. The van der Waals surface area contributed by atoms with E-state index in [1.54, 1.807) is 0 Å². The van der Waals surface area contributed by atoms with Crippen molar-refractivity contribution < 1.29 is 0 Å². The van der Waals surface area contributed by atoms with Gasteiger partial charge in [0.25, 0.3) is 0 Å². The van der Waals surface area contributed by atoms with Crippen LogP contribution in [-0.2, 0) is 6.42 Å². The molecule has 1 heterocycles. The van der Waals surface area contributed by atoms with Crippen LogP contribution in [0.5, 0.6) is 0 Å². The quantitative estimate of drug-likeness (QED) is 0.806. The van der Waals surface area contributed by atoms with Crippen LogP contribution in [0.4, 0.5) is 0 Å². The number of hydrogen-bond acceptors (Lipinski definition) is 2. The van der Waals surface area contributed by atoms with Gasteiger partial charge in [0.15, 0.2) is 0 Å². The van der Waals surface area contributed by atoms with Crippen molar-refractivity contribution in [3.8, 4) is 0 Å². The summed E-state index contributed by atoms with van der Waals surface area (Å²) in [6.45, 7) is 2.14. The van der Waals surface area contributed by atoms with Gasteiger partial charge in [-0.3, -0.25) is 0 Å². The minimum atomic E-state index is 0.384. The van der Waals surface area contributed by atoms with E-state index >= 15 is 0 Å². The average molecular weight is 214 g/mol. The fraction of sp³-hybridized carbons (Fsp3) is 0.286. The maximum atomic E-state index is 3.46. The minimum Gasteiger partial charge on any atom is -0.375 e. The van der Waals surface area contributed by atoms with Gasteiger partial charge in [-0.1, -0.05) is 36.4 Å². The second-order valence-electron chi connectivity index (χ2n) is 4.16. The Morgan fingerprint density at radius 1 is 1.25 bits per heavy atom. The Labute approximate surface area is 97.1 Å². The lowest BCUT2D eigenvalue weighted by Gasteiger charge is -2.23. The Hall–Kier alpha value is -1.70. The van der Waals surface area contributed by atoms with Crippen LogP contribution in [0.2, 0.25) is 0 Å².